The van der Waals surface area contributed by atoms with Gasteiger partial charge in [0, 0.05) is 23.6 Å². The minimum Gasteiger partial charge on any atom is -0.493 e. The van der Waals surface area contributed by atoms with Crippen molar-refractivity contribution in [3.8, 4) is 11.5 Å². The van der Waals surface area contributed by atoms with Gasteiger partial charge in [0.1, 0.15) is 0 Å². The highest BCUT2D eigenvalue weighted by molar-refractivity contribution is 8.14. The van der Waals surface area contributed by atoms with E-state index in [1.165, 1.54) is 36.6 Å². The predicted octanol–water partition coefficient (Wildman–Crippen LogP) is 5.19. The molecule has 1 aliphatic heterocycles. The van der Waals surface area contributed by atoms with Crippen molar-refractivity contribution >= 4 is 34.3 Å². The quantitative estimate of drug-likeness (QED) is 0.408. The molecule has 9 nitrogen and oxygen atoms in total. The second kappa shape index (κ2) is 11.8. The fraction of sp³-hybridized carbons (Fsp3) is 0.240. The Morgan fingerprint density at radius 2 is 1.86 bits per heavy atom. The molecule has 0 radical (unpaired) electrons. The lowest BCUT2D eigenvalue weighted by atomic mass is 10.0. The van der Waals surface area contributed by atoms with Gasteiger partial charge in [0.15, 0.2) is 11.5 Å². The summed E-state index contributed by atoms with van der Waals surface area (Å²) in [6.07, 6.45) is 3.57. The molecule has 2 heterocycles. The number of aromatic nitrogens is 2. The third-order valence-electron chi connectivity index (χ3n) is 5.35. The molecule has 4 rings (SSSR count). The van der Waals surface area contributed by atoms with Crippen molar-refractivity contribution in [3.63, 3.8) is 0 Å². The van der Waals surface area contributed by atoms with E-state index in [1.807, 2.05) is 6.92 Å². The Morgan fingerprint density at radius 3 is 2.51 bits per heavy atom. The van der Waals surface area contributed by atoms with Gasteiger partial charge in [0.25, 0.3) is 5.91 Å². The number of anilines is 1. The molecule has 0 aliphatic carbocycles. The van der Waals surface area contributed by atoms with E-state index >= 15 is 0 Å². The molecule has 0 fully saturated rings. The average molecular weight is 528 g/mol. The molecule has 0 saturated carbocycles. The van der Waals surface area contributed by atoms with Gasteiger partial charge in [-0.1, -0.05) is 30.8 Å². The first-order valence-electron chi connectivity index (χ1n) is 11.2. The van der Waals surface area contributed by atoms with Crippen LogP contribution in [0.25, 0.3) is 0 Å². The number of carbonyl (C=O) groups excluding carboxylic acids is 2. The molecule has 1 N–H and O–H groups in total. The number of alkyl halides is 2. The topological polar surface area (TPSA) is 106 Å². The normalized spacial score (nSPS) is 15.4. The van der Waals surface area contributed by atoms with Gasteiger partial charge in [-0.25, -0.2) is 15.0 Å². The van der Waals surface area contributed by atoms with Gasteiger partial charge in [-0.15, -0.1) is 0 Å². The number of nitrogens with one attached hydrogen (secondary N) is 1. The fourth-order valence-electron chi connectivity index (χ4n) is 3.59. The van der Waals surface area contributed by atoms with Gasteiger partial charge < -0.3 is 14.8 Å². The summed E-state index contributed by atoms with van der Waals surface area (Å²) in [6.45, 7) is -0.915. The molecule has 3 aromatic rings. The van der Waals surface area contributed by atoms with E-state index in [1.54, 1.807) is 36.4 Å². The first-order chi connectivity index (χ1) is 17.9. The lowest BCUT2D eigenvalue weighted by Gasteiger charge is -2.28. The highest BCUT2D eigenvalue weighted by Gasteiger charge is 2.31. The minimum absolute atomic E-state index is 0.0514. The Balaban J connectivity index is 1.53. The minimum atomic E-state index is -3.01. The van der Waals surface area contributed by atoms with E-state index in [2.05, 4.69) is 25.1 Å². The van der Waals surface area contributed by atoms with E-state index in [-0.39, 0.29) is 34.4 Å². The number of amides is 2. The maximum atomic E-state index is 12.9. The van der Waals surface area contributed by atoms with Crippen LogP contribution in [-0.4, -0.2) is 50.8 Å². The van der Waals surface area contributed by atoms with E-state index in [0.717, 1.165) is 17.3 Å². The summed E-state index contributed by atoms with van der Waals surface area (Å²) < 4.78 is 35.5. The van der Waals surface area contributed by atoms with E-state index in [0.29, 0.717) is 23.4 Å². The summed E-state index contributed by atoms with van der Waals surface area (Å²) in [5, 5.41) is 8.14. The van der Waals surface area contributed by atoms with Crippen LogP contribution in [0.4, 0.5) is 19.3 Å². The van der Waals surface area contributed by atoms with Crippen LogP contribution in [0, 0.1) is 0 Å². The van der Waals surface area contributed by atoms with Gasteiger partial charge in [0.2, 0.25) is 5.82 Å². The molecule has 12 heteroatoms. The van der Waals surface area contributed by atoms with Crippen molar-refractivity contribution in [1.29, 1.82) is 0 Å². The number of ether oxygens (including phenoxy) is 2. The SMILES string of the molecule is CCC1SC(=O)N(Cc2ccc(NC(=O)c3ncccn3)cc2)N=C1c1ccc(OC)c(OC(F)F)c1. The van der Waals surface area contributed by atoms with Crippen LogP contribution in [0.3, 0.4) is 0 Å². The summed E-state index contributed by atoms with van der Waals surface area (Å²) in [7, 11) is 1.36. The van der Waals surface area contributed by atoms with Crippen LogP contribution in [0.2, 0.25) is 0 Å². The molecule has 0 saturated heterocycles. The number of methoxy groups -OCH3 is 1. The smallest absolute Gasteiger partial charge is 0.387 e. The second-order valence-electron chi connectivity index (χ2n) is 7.79. The van der Waals surface area contributed by atoms with Gasteiger partial charge in [-0.3, -0.25) is 9.59 Å². The van der Waals surface area contributed by atoms with E-state index < -0.39 is 12.5 Å². The van der Waals surface area contributed by atoms with E-state index in [9.17, 15) is 18.4 Å². The summed E-state index contributed by atoms with van der Waals surface area (Å²) in [5.41, 5.74) is 2.44. The van der Waals surface area contributed by atoms with Gasteiger partial charge >= 0.3 is 11.9 Å². The number of halogens is 2. The van der Waals surface area contributed by atoms with Crippen LogP contribution in [-0.2, 0) is 6.54 Å². The monoisotopic (exact) mass is 527 g/mol. The zero-order valence-electron chi connectivity index (χ0n) is 19.9. The fourth-order valence-corrected chi connectivity index (χ4v) is 4.52. The standard InChI is InChI=1S/C25H23F2N5O4S/c1-3-20-21(16-7-10-18(35-2)19(13-16)36-24(26)27)31-32(25(34)37-20)14-15-5-8-17(9-6-15)30-23(33)22-28-11-4-12-29-22/h4-13,20,24H,3,14H2,1-2H3,(H,30,33). The third-order valence-corrected chi connectivity index (χ3v) is 6.60. The molecule has 2 aromatic carbocycles. The Morgan fingerprint density at radius 1 is 1.14 bits per heavy atom. The summed E-state index contributed by atoms with van der Waals surface area (Å²) in [6, 6.07) is 13.2. The Bertz CT molecular complexity index is 1290. The molecule has 1 unspecified atom stereocenters. The highest BCUT2D eigenvalue weighted by atomic mass is 32.2. The summed E-state index contributed by atoms with van der Waals surface area (Å²) in [5.74, 6) is -0.333. The highest BCUT2D eigenvalue weighted by Crippen LogP contribution is 2.34. The van der Waals surface area contributed by atoms with Gasteiger partial charge in [0.05, 0.1) is 24.6 Å². The maximum absolute atomic E-state index is 12.9. The molecule has 2 amide bonds. The molecule has 37 heavy (non-hydrogen) atoms. The zero-order chi connectivity index (χ0) is 26.4. The predicted molar refractivity (Wildman–Crippen MR) is 135 cm³/mol. The number of carbonyl (C=O) groups is 2. The second-order valence-corrected chi connectivity index (χ2v) is 8.95. The molecule has 192 valence electrons. The molecule has 1 aliphatic rings. The van der Waals surface area contributed by atoms with Crippen molar-refractivity contribution < 1.29 is 27.8 Å². The summed E-state index contributed by atoms with van der Waals surface area (Å²) in [4.78, 5) is 32.9. The number of nitrogens with zero attached hydrogens (tertiary/aromatic N) is 4. The number of rotatable bonds is 9. The van der Waals surface area contributed by atoms with Crippen molar-refractivity contribution in [2.24, 2.45) is 5.10 Å². The lowest BCUT2D eigenvalue weighted by molar-refractivity contribution is -0.0512. The zero-order valence-corrected chi connectivity index (χ0v) is 20.7. The third kappa shape index (κ3) is 6.39. The lowest BCUT2D eigenvalue weighted by Crippen LogP contribution is -2.34. The maximum Gasteiger partial charge on any atom is 0.387 e. The van der Waals surface area contributed by atoms with Crippen LogP contribution < -0.4 is 14.8 Å². The first kappa shape index (κ1) is 26.0. The Labute approximate surface area is 215 Å². The molecular formula is C25H23F2N5O4S. The molecule has 0 bridgehead atoms. The first-order valence-corrected chi connectivity index (χ1v) is 12.1. The van der Waals surface area contributed by atoms with Crippen LogP contribution >= 0.6 is 11.8 Å². The number of thioether (sulfide) groups is 1. The van der Waals surface area contributed by atoms with Crippen molar-refractivity contribution in [2.45, 2.75) is 31.8 Å². The van der Waals surface area contributed by atoms with Crippen molar-refractivity contribution in [1.82, 2.24) is 15.0 Å². The Kier molecular flexibility index (Phi) is 8.29. The van der Waals surface area contributed by atoms with E-state index in [4.69, 9.17) is 4.74 Å². The molecule has 1 atom stereocenters. The number of hydrogen-bond acceptors (Lipinski definition) is 8. The van der Waals surface area contributed by atoms with Gasteiger partial charge in [-0.05, 0) is 48.4 Å². The number of hydrazone groups is 1. The van der Waals surface area contributed by atoms with Gasteiger partial charge in [-0.2, -0.15) is 13.9 Å². The van der Waals surface area contributed by atoms with Crippen molar-refractivity contribution in [2.75, 3.05) is 12.4 Å². The molecular weight excluding hydrogens is 504 g/mol. The van der Waals surface area contributed by atoms with Crippen LogP contribution in [0.15, 0.2) is 66.0 Å². The molecule has 0 spiro atoms. The number of hydrogen-bond donors (Lipinski definition) is 1. The van der Waals surface area contributed by atoms with Crippen molar-refractivity contribution in [3.05, 3.63) is 77.9 Å². The summed E-state index contributed by atoms with van der Waals surface area (Å²) >= 11 is 1.12. The average Bonchev–Trinajstić information content (AvgIpc) is 2.90. The number of benzene rings is 2. The molecule has 1 aromatic heterocycles. The van der Waals surface area contributed by atoms with Crippen LogP contribution in [0.5, 0.6) is 11.5 Å². The largest absolute Gasteiger partial charge is 0.493 e. The Hall–Kier alpha value is -4.06. The van der Waals surface area contributed by atoms with Crippen LogP contribution in [0.1, 0.15) is 35.1 Å².